The predicted octanol–water partition coefficient (Wildman–Crippen LogP) is 4.43. The van der Waals surface area contributed by atoms with Gasteiger partial charge in [0.25, 0.3) is 0 Å². The summed E-state index contributed by atoms with van der Waals surface area (Å²) in [6.45, 7) is 4.36. The molecule has 1 saturated heterocycles. The lowest BCUT2D eigenvalue weighted by Gasteiger charge is -2.45. The van der Waals surface area contributed by atoms with Crippen LogP contribution < -0.4 is 4.90 Å². The average molecular weight is 468 g/mol. The van der Waals surface area contributed by atoms with Gasteiger partial charge in [-0.15, -0.1) is 0 Å². The van der Waals surface area contributed by atoms with E-state index in [4.69, 9.17) is 23.2 Å². The van der Waals surface area contributed by atoms with Crippen molar-refractivity contribution in [3.63, 3.8) is 0 Å². The molecule has 1 fully saturated rings. The molecule has 3 aromatic rings. The normalized spacial score (nSPS) is 18.7. The molecule has 4 rings (SSSR count). The summed E-state index contributed by atoms with van der Waals surface area (Å²) >= 11 is 12.7. The van der Waals surface area contributed by atoms with E-state index < -0.39 is 5.60 Å². The zero-order chi connectivity index (χ0) is 22.7. The topological polar surface area (TPSA) is 76.3 Å². The number of aliphatic hydroxyl groups is 1. The van der Waals surface area contributed by atoms with Crippen molar-refractivity contribution in [2.24, 2.45) is 0 Å². The molecule has 0 bridgehead atoms. The van der Waals surface area contributed by atoms with Crippen molar-refractivity contribution in [1.29, 1.82) is 5.26 Å². The van der Waals surface area contributed by atoms with E-state index in [9.17, 15) is 10.4 Å². The van der Waals surface area contributed by atoms with Crippen LogP contribution in [0, 0.1) is 11.3 Å². The van der Waals surface area contributed by atoms with Crippen LogP contribution in [0.4, 0.5) is 5.69 Å². The summed E-state index contributed by atoms with van der Waals surface area (Å²) in [4.78, 5) is 12.6. The molecule has 0 amide bonds. The first kappa shape index (κ1) is 22.5. The van der Waals surface area contributed by atoms with Crippen LogP contribution in [-0.4, -0.2) is 46.2 Å². The fourth-order valence-electron chi connectivity index (χ4n) is 4.15. The number of nitrogens with zero attached hydrogens (tertiary/aromatic N) is 5. The standard InChI is InChI=1S/C24H23Cl2N5O/c1-24(32,19-12-28-16-29-13-19)15-30-8-9-31(22-7-2-17(11-27)10-21(22)26)23(14-30)18-3-5-20(25)6-4-18/h2-7,10,12-13,16,23,32H,8-9,14-15H2,1H3/t23-,24+/m0/s1. The number of hydrogen-bond donors (Lipinski definition) is 1. The Bertz CT molecular complexity index is 1120. The third-order valence-electron chi connectivity index (χ3n) is 5.82. The SMILES string of the molecule is C[C@@](O)(CN1CCN(c2ccc(C#N)cc2Cl)[C@H](c2ccc(Cl)cc2)C1)c1cncnc1. The van der Waals surface area contributed by atoms with Gasteiger partial charge in [-0.25, -0.2) is 9.97 Å². The maximum atomic E-state index is 11.1. The van der Waals surface area contributed by atoms with Crippen molar-refractivity contribution < 1.29 is 5.11 Å². The van der Waals surface area contributed by atoms with Crippen LogP contribution >= 0.6 is 23.2 Å². The highest BCUT2D eigenvalue weighted by Gasteiger charge is 2.34. The molecule has 32 heavy (non-hydrogen) atoms. The molecule has 0 unspecified atom stereocenters. The van der Waals surface area contributed by atoms with Crippen molar-refractivity contribution in [2.45, 2.75) is 18.6 Å². The first-order valence-corrected chi connectivity index (χ1v) is 11.0. The van der Waals surface area contributed by atoms with Crippen molar-refractivity contribution in [3.05, 3.63) is 87.9 Å². The minimum absolute atomic E-state index is 0.00530. The number of anilines is 1. The summed E-state index contributed by atoms with van der Waals surface area (Å²) in [7, 11) is 0. The highest BCUT2D eigenvalue weighted by molar-refractivity contribution is 6.33. The number of aromatic nitrogens is 2. The monoisotopic (exact) mass is 467 g/mol. The van der Waals surface area contributed by atoms with Crippen molar-refractivity contribution in [3.8, 4) is 6.07 Å². The number of rotatable bonds is 5. The van der Waals surface area contributed by atoms with Gasteiger partial charge in [-0.1, -0.05) is 35.3 Å². The third kappa shape index (κ3) is 4.87. The Labute approximate surface area is 197 Å². The molecule has 0 aliphatic carbocycles. The molecule has 0 radical (unpaired) electrons. The summed E-state index contributed by atoms with van der Waals surface area (Å²) in [6.07, 6.45) is 4.75. The predicted molar refractivity (Wildman–Crippen MR) is 126 cm³/mol. The van der Waals surface area contributed by atoms with Gasteiger partial charge in [0.2, 0.25) is 0 Å². The van der Waals surface area contributed by atoms with E-state index in [2.05, 4.69) is 25.8 Å². The Morgan fingerprint density at radius 3 is 2.50 bits per heavy atom. The van der Waals surface area contributed by atoms with Gasteiger partial charge in [0.05, 0.1) is 28.4 Å². The average Bonchev–Trinajstić information content (AvgIpc) is 2.80. The van der Waals surface area contributed by atoms with Gasteiger partial charge in [0, 0.05) is 49.2 Å². The van der Waals surface area contributed by atoms with Gasteiger partial charge in [-0.2, -0.15) is 5.26 Å². The zero-order valence-electron chi connectivity index (χ0n) is 17.6. The smallest absolute Gasteiger partial charge is 0.115 e. The number of benzene rings is 2. The lowest BCUT2D eigenvalue weighted by Crippen LogP contribution is -2.52. The van der Waals surface area contributed by atoms with Gasteiger partial charge in [0.15, 0.2) is 0 Å². The summed E-state index contributed by atoms with van der Waals surface area (Å²) in [5.41, 5.74) is 2.11. The Balaban J connectivity index is 1.63. The summed E-state index contributed by atoms with van der Waals surface area (Å²) < 4.78 is 0. The third-order valence-corrected chi connectivity index (χ3v) is 6.37. The molecule has 1 aromatic heterocycles. The number of nitriles is 1. The highest BCUT2D eigenvalue weighted by Crippen LogP contribution is 2.36. The van der Waals surface area contributed by atoms with Crippen LogP contribution in [0.5, 0.6) is 0 Å². The molecule has 2 aromatic carbocycles. The van der Waals surface area contributed by atoms with Crippen LogP contribution in [0.15, 0.2) is 61.2 Å². The second kappa shape index (κ2) is 9.43. The van der Waals surface area contributed by atoms with Gasteiger partial charge >= 0.3 is 0 Å². The van der Waals surface area contributed by atoms with Gasteiger partial charge < -0.3 is 10.0 Å². The van der Waals surface area contributed by atoms with E-state index in [0.717, 1.165) is 17.8 Å². The number of hydrogen-bond acceptors (Lipinski definition) is 6. The molecule has 0 saturated carbocycles. The summed E-state index contributed by atoms with van der Waals surface area (Å²) in [6, 6.07) is 15.3. The van der Waals surface area contributed by atoms with E-state index in [1.165, 1.54) is 6.33 Å². The molecule has 2 atom stereocenters. The minimum atomic E-state index is -1.08. The van der Waals surface area contributed by atoms with E-state index >= 15 is 0 Å². The quantitative estimate of drug-likeness (QED) is 0.597. The van der Waals surface area contributed by atoms with Gasteiger partial charge in [0.1, 0.15) is 11.9 Å². The lowest BCUT2D eigenvalue weighted by molar-refractivity contribution is 0.00973. The molecule has 6 nitrogen and oxygen atoms in total. The van der Waals surface area contributed by atoms with Gasteiger partial charge in [-0.05, 0) is 42.8 Å². The summed E-state index contributed by atoms with van der Waals surface area (Å²) in [5, 5.41) is 21.5. The molecule has 1 N–H and O–H groups in total. The highest BCUT2D eigenvalue weighted by atomic mass is 35.5. The van der Waals surface area contributed by atoms with Crippen LogP contribution in [0.1, 0.15) is 29.7 Å². The van der Waals surface area contributed by atoms with E-state index in [1.807, 2.05) is 30.3 Å². The maximum Gasteiger partial charge on any atom is 0.115 e. The number of piperazine rings is 1. The molecule has 2 heterocycles. The van der Waals surface area contributed by atoms with Crippen LogP contribution in [-0.2, 0) is 5.60 Å². The molecular formula is C24H23Cl2N5O. The lowest BCUT2D eigenvalue weighted by atomic mass is 9.96. The first-order chi connectivity index (χ1) is 15.4. The van der Waals surface area contributed by atoms with Crippen LogP contribution in [0.3, 0.4) is 0 Å². The molecule has 8 heteroatoms. The minimum Gasteiger partial charge on any atom is -0.384 e. The fourth-order valence-corrected chi connectivity index (χ4v) is 4.57. The maximum absolute atomic E-state index is 11.1. The first-order valence-electron chi connectivity index (χ1n) is 10.3. The molecule has 1 aliphatic rings. The second-order valence-electron chi connectivity index (χ2n) is 8.17. The number of β-amino-alcohol motifs (C(OH)–C–C–N with tert-alkyl or cyclic N) is 1. The Morgan fingerprint density at radius 2 is 1.84 bits per heavy atom. The second-order valence-corrected chi connectivity index (χ2v) is 9.02. The van der Waals surface area contributed by atoms with Gasteiger partial charge in [-0.3, -0.25) is 4.90 Å². The van der Waals surface area contributed by atoms with Crippen molar-refractivity contribution >= 4 is 28.9 Å². The molecular weight excluding hydrogens is 445 g/mol. The van der Waals surface area contributed by atoms with Crippen LogP contribution in [0.2, 0.25) is 10.0 Å². The Kier molecular flexibility index (Phi) is 6.63. The van der Waals surface area contributed by atoms with E-state index in [0.29, 0.717) is 40.8 Å². The largest absolute Gasteiger partial charge is 0.384 e. The molecule has 164 valence electrons. The van der Waals surface area contributed by atoms with Crippen molar-refractivity contribution in [2.75, 3.05) is 31.1 Å². The van der Waals surface area contributed by atoms with Crippen LogP contribution in [0.25, 0.3) is 0 Å². The van der Waals surface area contributed by atoms with E-state index in [-0.39, 0.29) is 6.04 Å². The molecule has 1 aliphatic heterocycles. The Morgan fingerprint density at radius 1 is 1.12 bits per heavy atom. The number of halogens is 2. The summed E-state index contributed by atoms with van der Waals surface area (Å²) in [5.74, 6) is 0. The zero-order valence-corrected chi connectivity index (χ0v) is 19.1. The van der Waals surface area contributed by atoms with E-state index in [1.54, 1.807) is 31.5 Å². The fraction of sp³-hybridized carbons (Fsp3) is 0.292. The Hall–Kier alpha value is -2.69. The van der Waals surface area contributed by atoms with Crippen molar-refractivity contribution in [1.82, 2.24) is 14.9 Å². The molecule has 0 spiro atoms.